The monoisotopic (exact) mass is 723 g/mol. The maximum absolute atomic E-state index is 14.6. The van der Waals surface area contributed by atoms with Crippen LogP contribution in [0.25, 0.3) is 0 Å². The summed E-state index contributed by atoms with van der Waals surface area (Å²) < 4.78 is 98.5. The van der Waals surface area contributed by atoms with Gasteiger partial charge in [0.05, 0.1) is 35.7 Å². The van der Waals surface area contributed by atoms with E-state index in [9.17, 15) is 40.3 Å². The highest BCUT2D eigenvalue weighted by Gasteiger charge is 2.73. The predicted octanol–water partition coefficient (Wildman–Crippen LogP) is 8.30. The van der Waals surface area contributed by atoms with Crippen LogP contribution >= 0.6 is 31.9 Å². The molecule has 0 spiro atoms. The fourth-order valence-electron chi connectivity index (χ4n) is 3.96. The van der Waals surface area contributed by atoms with Crippen LogP contribution in [0.15, 0.2) is 63.5 Å². The summed E-state index contributed by atoms with van der Waals surface area (Å²) in [6.45, 7) is 1.79. The Morgan fingerprint density at radius 3 is 1.95 bits per heavy atom. The SMILES string of the molecule is CCN(C(=O)c1ccc(C#N)cc1)c1cccc(C(=O)Nc2c(Br)cc(C(F)(C(F)(F)F)C(F)(F)F)cc2Br)c1OC. The minimum atomic E-state index is -6.33. The van der Waals surface area contributed by atoms with Gasteiger partial charge in [0, 0.05) is 26.6 Å². The van der Waals surface area contributed by atoms with E-state index in [2.05, 4.69) is 37.2 Å². The third kappa shape index (κ3) is 6.10. The summed E-state index contributed by atoms with van der Waals surface area (Å²) in [7, 11) is 1.23. The van der Waals surface area contributed by atoms with Gasteiger partial charge in [-0.15, -0.1) is 0 Å². The number of nitrogens with zero attached hydrogens (tertiary/aromatic N) is 2. The van der Waals surface area contributed by atoms with Crippen molar-refractivity contribution in [3.8, 4) is 11.8 Å². The molecule has 222 valence electrons. The van der Waals surface area contributed by atoms with E-state index < -0.39 is 44.3 Å². The molecular formula is C27H18Br2F7N3O3. The fourth-order valence-corrected chi connectivity index (χ4v) is 5.34. The van der Waals surface area contributed by atoms with E-state index in [4.69, 9.17) is 10.00 Å². The lowest BCUT2D eigenvalue weighted by molar-refractivity contribution is -0.348. The third-order valence-corrected chi connectivity index (χ3v) is 7.27. The number of ether oxygens (including phenoxy) is 1. The van der Waals surface area contributed by atoms with E-state index in [1.165, 1.54) is 54.5 Å². The van der Waals surface area contributed by atoms with Gasteiger partial charge in [0.2, 0.25) is 0 Å². The summed E-state index contributed by atoms with van der Waals surface area (Å²) in [5.41, 5.74) is -7.14. The van der Waals surface area contributed by atoms with Crippen molar-refractivity contribution in [2.75, 3.05) is 23.9 Å². The van der Waals surface area contributed by atoms with Gasteiger partial charge in [0.15, 0.2) is 5.75 Å². The van der Waals surface area contributed by atoms with Crippen LogP contribution in [0, 0.1) is 11.3 Å². The fraction of sp³-hybridized carbons (Fsp3) is 0.222. The standard InChI is InChI=1S/C27H18Br2F7N3O3/c1-3-39(24(41)15-9-7-14(13-37)8-10-15)20-6-4-5-17(22(20)42-2)23(40)38-21-18(28)11-16(12-19(21)29)25(30,26(31,32)33)27(34,35)36/h4-12H,3H2,1-2H3,(H,38,40). The summed E-state index contributed by atoms with van der Waals surface area (Å²) in [6, 6.07) is 12.5. The van der Waals surface area contributed by atoms with E-state index in [1.807, 2.05) is 6.07 Å². The minimum absolute atomic E-state index is 0.0698. The van der Waals surface area contributed by atoms with Gasteiger partial charge in [0.1, 0.15) is 0 Å². The van der Waals surface area contributed by atoms with Crippen LogP contribution in [0.4, 0.5) is 42.1 Å². The molecule has 6 nitrogen and oxygen atoms in total. The zero-order valence-electron chi connectivity index (χ0n) is 21.4. The lowest BCUT2D eigenvalue weighted by Gasteiger charge is -2.31. The predicted molar refractivity (Wildman–Crippen MR) is 146 cm³/mol. The Labute approximate surface area is 251 Å². The van der Waals surface area contributed by atoms with Crippen molar-refractivity contribution in [1.82, 2.24) is 0 Å². The zero-order chi connectivity index (χ0) is 31.6. The second-order valence-corrected chi connectivity index (χ2v) is 10.2. The Morgan fingerprint density at radius 1 is 0.952 bits per heavy atom. The maximum Gasteiger partial charge on any atom is 0.435 e. The first-order valence-electron chi connectivity index (χ1n) is 11.6. The molecule has 0 aliphatic rings. The van der Waals surface area contributed by atoms with Crippen molar-refractivity contribution in [2.45, 2.75) is 24.9 Å². The minimum Gasteiger partial charge on any atom is -0.494 e. The Hall–Kier alpha value is -3.64. The molecule has 0 atom stereocenters. The van der Waals surface area contributed by atoms with Crippen molar-refractivity contribution in [1.29, 1.82) is 5.26 Å². The number of rotatable bonds is 7. The summed E-state index contributed by atoms with van der Waals surface area (Å²) in [6.07, 6.45) is -12.7. The molecular weight excluding hydrogens is 707 g/mol. The maximum atomic E-state index is 14.6. The Morgan fingerprint density at radius 2 is 1.50 bits per heavy atom. The number of hydrogen-bond donors (Lipinski definition) is 1. The van der Waals surface area contributed by atoms with Gasteiger partial charge in [-0.2, -0.15) is 31.6 Å². The first-order valence-corrected chi connectivity index (χ1v) is 13.2. The number of halogens is 9. The molecule has 2 amide bonds. The largest absolute Gasteiger partial charge is 0.494 e. The number of alkyl halides is 7. The number of benzene rings is 3. The molecule has 3 aromatic rings. The molecule has 0 saturated carbocycles. The first kappa shape index (κ1) is 32.9. The molecule has 1 N–H and O–H groups in total. The van der Waals surface area contributed by atoms with Crippen LogP contribution in [0.3, 0.4) is 0 Å². The van der Waals surface area contributed by atoms with Gasteiger partial charge in [-0.3, -0.25) is 9.59 Å². The number of amides is 2. The summed E-state index contributed by atoms with van der Waals surface area (Å²) in [5.74, 6) is -1.47. The average molecular weight is 725 g/mol. The van der Waals surface area contributed by atoms with Gasteiger partial charge >= 0.3 is 18.0 Å². The van der Waals surface area contributed by atoms with E-state index in [-0.39, 0.29) is 46.9 Å². The topological polar surface area (TPSA) is 82.4 Å². The number of anilines is 2. The molecule has 0 bridgehead atoms. The molecule has 0 fully saturated rings. The van der Waals surface area contributed by atoms with Crippen molar-refractivity contribution >= 4 is 55.0 Å². The van der Waals surface area contributed by atoms with Crippen LogP contribution in [0.5, 0.6) is 5.75 Å². The highest BCUT2D eigenvalue weighted by molar-refractivity contribution is 9.11. The highest BCUT2D eigenvalue weighted by Crippen LogP contribution is 2.54. The molecule has 42 heavy (non-hydrogen) atoms. The van der Waals surface area contributed by atoms with Gasteiger partial charge in [0.25, 0.3) is 11.8 Å². The quantitative estimate of drug-likeness (QED) is 0.249. The Bertz CT molecular complexity index is 1520. The van der Waals surface area contributed by atoms with Gasteiger partial charge in [-0.1, -0.05) is 6.07 Å². The molecule has 0 aromatic heterocycles. The van der Waals surface area contributed by atoms with E-state index in [1.54, 1.807) is 6.92 Å². The van der Waals surface area contributed by atoms with Crippen molar-refractivity contribution in [2.24, 2.45) is 0 Å². The van der Waals surface area contributed by atoms with Crippen LogP contribution in [0.1, 0.15) is 38.8 Å². The van der Waals surface area contributed by atoms with Crippen LogP contribution in [-0.2, 0) is 5.67 Å². The number of carbonyl (C=O) groups excluding carboxylic acids is 2. The molecule has 0 aliphatic carbocycles. The summed E-state index contributed by atoms with van der Waals surface area (Å²) >= 11 is 5.63. The summed E-state index contributed by atoms with van der Waals surface area (Å²) in [4.78, 5) is 27.8. The molecule has 0 radical (unpaired) electrons. The molecule has 0 aliphatic heterocycles. The summed E-state index contributed by atoms with van der Waals surface area (Å²) in [5, 5.41) is 11.3. The number of nitriles is 1. The zero-order valence-corrected chi connectivity index (χ0v) is 24.6. The van der Waals surface area contributed by atoms with E-state index >= 15 is 0 Å². The van der Waals surface area contributed by atoms with Gasteiger partial charge in [-0.05, 0) is 87.3 Å². The lowest BCUT2D eigenvalue weighted by atomic mass is 9.94. The first-order chi connectivity index (χ1) is 19.5. The van der Waals surface area contributed by atoms with Crippen molar-refractivity contribution in [3.63, 3.8) is 0 Å². The second-order valence-electron chi connectivity index (χ2n) is 8.52. The number of para-hydroxylation sites is 1. The second kappa shape index (κ2) is 12.3. The van der Waals surface area contributed by atoms with Crippen molar-refractivity contribution < 1.29 is 45.1 Å². The molecule has 0 unspecified atom stereocenters. The number of nitrogens with one attached hydrogen (secondary N) is 1. The van der Waals surface area contributed by atoms with E-state index in [0.29, 0.717) is 5.56 Å². The van der Waals surface area contributed by atoms with Crippen LogP contribution < -0.4 is 15.0 Å². The number of methoxy groups -OCH3 is 1. The third-order valence-electron chi connectivity index (χ3n) is 6.02. The lowest BCUT2D eigenvalue weighted by Crippen LogP contribution is -2.50. The highest BCUT2D eigenvalue weighted by atomic mass is 79.9. The number of carbonyl (C=O) groups is 2. The average Bonchev–Trinajstić information content (AvgIpc) is 2.93. The van der Waals surface area contributed by atoms with E-state index in [0.717, 1.165) is 0 Å². The molecule has 0 heterocycles. The smallest absolute Gasteiger partial charge is 0.435 e. The number of hydrogen-bond acceptors (Lipinski definition) is 4. The van der Waals surface area contributed by atoms with Gasteiger partial charge in [-0.25, -0.2) is 4.39 Å². The molecule has 15 heteroatoms. The van der Waals surface area contributed by atoms with Crippen LogP contribution in [-0.4, -0.2) is 37.8 Å². The Balaban J connectivity index is 2.01. The van der Waals surface area contributed by atoms with Gasteiger partial charge < -0.3 is 15.0 Å². The molecule has 3 aromatic carbocycles. The van der Waals surface area contributed by atoms with Crippen LogP contribution in [0.2, 0.25) is 0 Å². The van der Waals surface area contributed by atoms with Crippen molar-refractivity contribution in [3.05, 3.63) is 85.8 Å². The Kier molecular flexibility index (Phi) is 9.63. The molecule has 0 saturated heterocycles. The normalized spacial score (nSPS) is 12.0. The molecule has 3 rings (SSSR count).